The second-order valence-electron chi connectivity index (χ2n) is 8.74. The van der Waals surface area contributed by atoms with E-state index in [2.05, 4.69) is 0 Å². The van der Waals surface area contributed by atoms with Crippen molar-refractivity contribution < 1.29 is 18.0 Å². The average molecular weight is 456 g/mol. The molecule has 0 spiro atoms. The van der Waals surface area contributed by atoms with Gasteiger partial charge in [0, 0.05) is 26.2 Å². The smallest absolute Gasteiger partial charge is 0.251 e. The number of carbonyl (C=O) groups excluding carboxylic acids is 2. The van der Waals surface area contributed by atoms with Crippen molar-refractivity contribution in [2.45, 2.75) is 45.1 Å². The molecule has 0 bridgehead atoms. The summed E-state index contributed by atoms with van der Waals surface area (Å²) in [6.45, 7) is 8.93. The van der Waals surface area contributed by atoms with Crippen LogP contribution in [0.3, 0.4) is 0 Å². The van der Waals surface area contributed by atoms with Crippen LogP contribution in [0.25, 0.3) is 0 Å². The van der Waals surface area contributed by atoms with Gasteiger partial charge in [-0.25, -0.2) is 13.3 Å². The van der Waals surface area contributed by atoms with E-state index in [-0.39, 0.29) is 31.3 Å². The van der Waals surface area contributed by atoms with Crippen molar-refractivity contribution in [3.8, 4) is 0 Å². The molecule has 32 heavy (non-hydrogen) atoms. The first-order valence-corrected chi connectivity index (χ1v) is 12.3. The van der Waals surface area contributed by atoms with Crippen molar-refractivity contribution in [3.05, 3.63) is 58.7 Å². The highest BCUT2D eigenvalue weighted by Gasteiger charge is 2.45. The summed E-state index contributed by atoms with van der Waals surface area (Å²) in [6.07, 6.45) is 0.121. The predicted octanol–water partition coefficient (Wildman–Crippen LogP) is 2.56. The first kappa shape index (κ1) is 22.6. The van der Waals surface area contributed by atoms with Crippen LogP contribution in [0.2, 0.25) is 0 Å². The molecule has 0 saturated carbocycles. The van der Waals surface area contributed by atoms with Crippen LogP contribution in [0.5, 0.6) is 0 Å². The maximum absolute atomic E-state index is 13.2. The Kier molecular flexibility index (Phi) is 5.96. The largest absolute Gasteiger partial charge is 0.289 e. The highest BCUT2D eigenvalue weighted by molar-refractivity contribution is 7.89. The topological polar surface area (TPSA) is 78.0 Å². The summed E-state index contributed by atoms with van der Waals surface area (Å²) < 4.78 is 27.8. The summed E-state index contributed by atoms with van der Waals surface area (Å²) in [5.74, 6) is -0.430. The Morgan fingerprint density at radius 2 is 1.47 bits per heavy atom. The van der Waals surface area contributed by atoms with E-state index < -0.39 is 16.1 Å². The minimum Gasteiger partial charge on any atom is -0.289 e. The third-order valence-electron chi connectivity index (χ3n) is 6.45. The molecule has 1 atom stereocenters. The molecule has 4 rings (SSSR count). The van der Waals surface area contributed by atoms with Gasteiger partial charge in [0.15, 0.2) is 0 Å². The fourth-order valence-electron chi connectivity index (χ4n) is 4.78. The third kappa shape index (κ3) is 3.87. The SMILES string of the molecule is Cc1ccc(S(=O)(=O)N2CCN([C@@H]3CC(=O)N(c4c(C)cccc4C)C3=O)CC2)c(C)c1. The van der Waals surface area contributed by atoms with Crippen LogP contribution in [0.1, 0.15) is 28.7 Å². The van der Waals surface area contributed by atoms with E-state index >= 15 is 0 Å². The van der Waals surface area contributed by atoms with E-state index in [0.717, 1.165) is 22.3 Å². The molecule has 2 aromatic rings. The van der Waals surface area contributed by atoms with E-state index in [1.807, 2.05) is 49.9 Å². The summed E-state index contributed by atoms with van der Waals surface area (Å²) in [7, 11) is -3.60. The van der Waals surface area contributed by atoms with Crippen LogP contribution in [0.15, 0.2) is 41.3 Å². The molecule has 2 aromatic carbocycles. The van der Waals surface area contributed by atoms with Gasteiger partial charge in [-0.3, -0.25) is 14.5 Å². The molecular weight excluding hydrogens is 426 g/mol. The van der Waals surface area contributed by atoms with Crippen molar-refractivity contribution >= 4 is 27.5 Å². The van der Waals surface area contributed by atoms with E-state index in [4.69, 9.17) is 0 Å². The number of nitrogens with zero attached hydrogens (tertiary/aromatic N) is 3. The van der Waals surface area contributed by atoms with E-state index in [9.17, 15) is 18.0 Å². The molecule has 0 aromatic heterocycles. The van der Waals surface area contributed by atoms with Gasteiger partial charge in [0.25, 0.3) is 5.91 Å². The number of aryl methyl sites for hydroxylation is 4. The molecule has 2 saturated heterocycles. The highest BCUT2D eigenvalue weighted by atomic mass is 32.2. The molecule has 170 valence electrons. The molecule has 2 aliphatic heterocycles. The van der Waals surface area contributed by atoms with Gasteiger partial charge in [0.2, 0.25) is 15.9 Å². The number of sulfonamides is 1. The normalized spacial score (nSPS) is 20.9. The zero-order chi connectivity index (χ0) is 23.2. The first-order chi connectivity index (χ1) is 15.1. The molecule has 0 aliphatic carbocycles. The average Bonchev–Trinajstić information content (AvgIpc) is 3.02. The van der Waals surface area contributed by atoms with Gasteiger partial charge in [-0.1, -0.05) is 35.9 Å². The number of hydrogen-bond acceptors (Lipinski definition) is 5. The number of anilines is 1. The summed E-state index contributed by atoms with van der Waals surface area (Å²) in [5, 5.41) is 0. The van der Waals surface area contributed by atoms with Crippen LogP contribution < -0.4 is 4.90 Å². The van der Waals surface area contributed by atoms with Crippen molar-refractivity contribution in [1.29, 1.82) is 0 Å². The predicted molar refractivity (Wildman–Crippen MR) is 123 cm³/mol. The van der Waals surface area contributed by atoms with Crippen molar-refractivity contribution in [2.75, 3.05) is 31.1 Å². The highest BCUT2D eigenvalue weighted by Crippen LogP contribution is 2.32. The summed E-state index contributed by atoms with van der Waals surface area (Å²) in [4.78, 5) is 29.6. The van der Waals surface area contributed by atoms with Crippen LogP contribution in [0.4, 0.5) is 5.69 Å². The fraction of sp³-hybridized carbons (Fsp3) is 0.417. The molecule has 8 heteroatoms. The zero-order valence-electron chi connectivity index (χ0n) is 19.0. The van der Waals surface area contributed by atoms with Crippen molar-refractivity contribution in [3.63, 3.8) is 0 Å². The third-order valence-corrected chi connectivity index (χ3v) is 8.51. The number of piperazine rings is 1. The maximum atomic E-state index is 13.2. The number of benzene rings is 2. The lowest BCUT2D eigenvalue weighted by molar-refractivity contribution is -0.123. The Morgan fingerprint density at radius 3 is 2.06 bits per heavy atom. The van der Waals surface area contributed by atoms with Crippen molar-refractivity contribution in [2.24, 2.45) is 0 Å². The molecule has 0 unspecified atom stereocenters. The van der Waals surface area contributed by atoms with Gasteiger partial charge in [0.05, 0.1) is 23.0 Å². The lowest BCUT2D eigenvalue weighted by Gasteiger charge is -2.36. The number of hydrogen-bond donors (Lipinski definition) is 0. The quantitative estimate of drug-likeness (QED) is 0.662. The minimum absolute atomic E-state index is 0.121. The molecule has 2 aliphatic rings. The molecular formula is C24H29N3O4S. The number of amides is 2. The number of imide groups is 1. The van der Waals surface area contributed by atoms with Gasteiger partial charge in [0.1, 0.15) is 0 Å². The number of rotatable bonds is 4. The first-order valence-electron chi connectivity index (χ1n) is 10.9. The number of para-hydroxylation sites is 1. The minimum atomic E-state index is -3.60. The van der Waals surface area contributed by atoms with E-state index in [0.29, 0.717) is 23.7 Å². The number of carbonyl (C=O) groups is 2. The second-order valence-corrected chi connectivity index (χ2v) is 10.6. The van der Waals surface area contributed by atoms with Crippen LogP contribution >= 0.6 is 0 Å². The summed E-state index contributed by atoms with van der Waals surface area (Å²) in [5.41, 5.74) is 4.19. The van der Waals surface area contributed by atoms with E-state index in [1.165, 1.54) is 9.21 Å². The standard InChI is InChI=1S/C24H29N3O4S/c1-16-8-9-21(19(4)14-16)32(30,31)26-12-10-25(11-13-26)20-15-22(28)27(24(20)29)23-17(2)6-5-7-18(23)3/h5-9,14,20H,10-13,15H2,1-4H3/t20-/m1/s1. The molecule has 2 amide bonds. The summed E-state index contributed by atoms with van der Waals surface area (Å²) >= 11 is 0. The Morgan fingerprint density at radius 1 is 0.844 bits per heavy atom. The molecule has 7 nitrogen and oxygen atoms in total. The van der Waals surface area contributed by atoms with Gasteiger partial charge in [-0.15, -0.1) is 0 Å². The maximum Gasteiger partial charge on any atom is 0.251 e. The Hall–Kier alpha value is -2.55. The van der Waals surface area contributed by atoms with Crippen LogP contribution in [-0.2, 0) is 19.6 Å². The van der Waals surface area contributed by atoms with Gasteiger partial charge < -0.3 is 0 Å². The van der Waals surface area contributed by atoms with Gasteiger partial charge >= 0.3 is 0 Å². The molecule has 0 radical (unpaired) electrons. The van der Waals surface area contributed by atoms with E-state index in [1.54, 1.807) is 19.1 Å². The Labute approximate surface area is 189 Å². The zero-order valence-corrected chi connectivity index (χ0v) is 19.8. The Balaban J connectivity index is 1.49. The van der Waals surface area contributed by atoms with Gasteiger partial charge in [-0.05, 0) is 50.5 Å². The summed E-state index contributed by atoms with van der Waals surface area (Å²) in [6, 6.07) is 10.5. The van der Waals surface area contributed by atoms with Crippen molar-refractivity contribution in [1.82, 2.24) is 9.21 Å². The molecule has 2 heterocycles. The lowest BCUT2D eigenvalue weighted by atomic mass is 10.1. The second kappa shape index (κ2) is 8.42. The van der Waals surface area contributed by atoms with Crippen LogP contribution in [0, 0.1) is 27.7 Å². The molecule has 0 N–H and O–H groups in total. The lowest BCUT2D eigenvalue weighted by Crippen LogP contribution is -2.53. The fourth-order valence-corrected chi connectivity index (χ4v) is 6.41. The van der Waals surface area contributed by atoms with Gasteiger partial charge in [-0.2, -0.15) is 4.31 Å². The van der Waals surface area contributed by atoms with Crippen LogP contribution in [-0.4, -0.2) is 61.7 Å². The Bertz CT molecular complexity index is 1160. The molecule has 2 fully saturated rings. The monoisotopic (exact) mass is 455 g/mol.